The van der Waals surface area contributed by atoms with E-state index in [0.717, 1.165) is 32.5 Å². The number of aromatic nitrogens is 1. The smallest absolute Gasteiger partial charge is 0.270 e. The molecule has 3 atom stereocenters. The Morgan fingerprint density at radius 2 is 1.79 bits per heavy atom. The maximum Gasteiger partial charge on any atom is 0.270 e. The van der Waals surface area contributed by atoms with Crippen molar-refractivity contribution in [3.8, 4) is 0 Å². The minimum absolute atomic E-state index is 0.0263. The predicted octanol–water partition coefficient (Wildman–Crippen LogP) is 3.79. The Morgan fingerprint density at radius 1 is 1.00 bits per heavy atom. The van der Waals surface area contributed by atoms with Gasteiger partial charge in [0.05, 0.1) is 6.04 Å². The van der Waals surface area contributed by atoms with Crippen LogP contribution in [0.25, 0.3) is 0 Å². The molecule has 0 unspecified atom stereocenters. The van der Waals surface area contributed by atoms with Gasteiger partial charge in [-0.1, -0.05) is 37.1 Å². The number of rotatable bonds is 3. The van der Waals surface area contributed by atoms with Gasteiger partial charge in [0, 0.05) is 43.6 Å². The first-order valence-corrected chi connectivity index (χ1v) is 10.9. The number of likely N-dealkylation sites (tertiary alicyclic amines) is 2. The van der Waals surface area contributed by atoms with E-state index in [1.54, 1.807) is 6.20 Å². The summed E-state index contributed by atoms with van der Waals surface area (Å²) in [5, 5.41) is 0. The lowest BCUT2D eigenvalue weighted by atomic mass is 9.87. The quantitative estimate of drug-likeness (QED) is 0.866. The number of fused-ring (bicyclic) bond motifs is 1. The van der Waals surface area contributed by atoms with Crippen molar-refractivity contribution in [3.63, 3.8) is 0 Å². The highest BCUT2D eigenvalue weighted by Crippen LogP contribution is 2.46. The number of aromatic amines is 1. The van der Waals surface area contributed by atoms with Gasteiger partial charge < -0.3 is 14.8 Å². The molecule has 0 radical (unpaired) electrons. The number of aryl methyl sites for hydroxylation is 1. The normalized spacial score (nSPS) is 26.9. The molecule has 3 fully saturated rings. The van der Waals surface area contributed by atoms with Gasteiger partial charge in [0.2, 0.25) is 5.91 Å². The molecule has 29 heavy (non-hydrogen) atoms. The summed E-state index contributed by atoms with van der Waals surface area (Å²) in [5.41, 5.74) is 3.07. The van der Waals surface area contributed by atoms with Crippen molar-refractivity contribution in [3.05, 3.63) is 59.4 Å². The van der Waals surface area contributed by atoms with E-state index in [9.17, 15) is 9.59 Å². The fourth-order valence-corrected chi connectivity index (χ4v) is 5.80. The first-order chi connectivity index (χ1) is 14.1. The van der Waals surface area contributed by atoms with Gasteiger partial charge >= 0.3 is 0 Å². The molecule has 5 heteroatoms. The highest BCUT2D eigenvalue weighted by molar-refractivity contribution is 5.93. The summed E-state index contributed by atoms with van der Waals surface area (Å²) in [6.07, 6.45) is 6.25. The van der Waals surface area contributed by atoms with E-state index < -0.39 is 0 Å². The predicted molar refractivity (Wildman–Crippen MR) is 111 cm³/mol. The highest BCUT2D eigenvalue weighted by atomic mass is 16.2. The molecule has 5 rings (SSSR count). The lowest BCUT2D eigenvalue weighted by Crippen LogP contribution is -2.39. The van der Waals surface area contributed by atoms with Crippen LogP contribution in [0.15, 0.2) is 42.6 Å². The molecule has 1 saturated carbocycles. The zero-order valence-electron chi connectivity index (χ0n) is 17.0. The number of hydrogen-bond acceptors (Lipinski definition) is 2. The number of H-pyrrole nitrogens is 1. The Hall–Kier alpha value is -2.56. The van der Waals surface area contributed by atoms with Crippen molar-refractivity contribution in [1.29, 1.82) is 0 Å². The topological polar surface area (TPSA) is 56.4 Å². The second kappa shape index (κ2) is 7.36. The first-order valence-electron chi connectivity index (χ1n) is 10.9. The SMILES string of the molecule is Cc1ccccc1[C@@H]1[C@H]2CN(C(=O)C3CCCC3)C[C@H]2CN1C(=O)c1ccc[nH]1. The first kappa shape index (κ1) is 18.5. The maximum atomic E-state index is 13.3. The average Bonchev–Trinajstić information content (AvgIpc) is 3.52. The van der Waals surface area contributed by atoms with E-state index in [1.165, 1.54) is 24.0 Å². The Balaban J connectivity index is 1.44. The van der Waals surface area contributed by atoms with Gasteiger partial charge in [-0.2, -0.15) is 0 Å². The van der Waals surface area contributed by atoms with Gasteiger partial charge in [0.1, 0.15) is 5.69 Å². The molecule has 1 aliphatic carbocycles. The Morgan fingerprint density at radius 3 is 2.52 bits per heavy atom. The molecule has 152 valence electrons. The lowest BCUT2D eigenvalue weighted by Gasteiger charge is -2.31. The Bertz CT molecular complexity index is 901. The highest BCUT2D eigenvalue weighted by Gasteiger charge is 2.51. The van der Waals surface area contributed by atoms with Crippen LogP contribution < -0.4 is 0 Å². The van der Waals surface area contributed by atoms with Crippen molar-refractivity contribution in [2.45, 2.75) is 38.6 Å². The Labute approximate surface area is 172 Å². The van der Waals surface area contributed by atoms with Crippen LogP contribution in [0.2, 0.25) is 0 Å². The van der Waals surface area contributed by atoms with E-state index >= 15 is 0 Å². The van der Waals surface area contributed by atoms with Crippen molar-refractivity contribution < 1.29 is 9.59 Å². The van der Waals surface area contributed by atoms with Crippen molar-refractivity contribution >= 4 is 11.8 Å². The van der Waals surface area contributed by atoms with Crippen LogP contribution in [0.5, 0.6) is 0 Å². The van der Waals surface area contributed by atoms with E-state index in [4.69, 9.17) is 0 Å². The van der Waals surface area contributed by atoms with Crippen LogP contribution >= 0.6 is 0 Å². The number of benzene rings is 1. The van der Waals surface area contributed by atoms with Crippen LogP contribution in [0.1, 0.15) is 53.3 Å². The van der Waals surface area contributed by atoms with Crippen molar-refractivity contribution in [2.75, 3.05) is 19.6 Å². The third-order valence-corrected chi connectivity index (χ3v) is 7.28. The molecule has 0 spiro atoms. The molecule has 2 aromatic rings. The van der Waals surface area contributed by atoms with Crippen LogP contribution in [0.3, 0.4) is 0 Å². The summed E-state index contributed by atoms with van der Waals surface area (Å²) in [7, 11) is 0. The van der Waals surface area contributed by atoms with E-state index in [1.807, 2.05) is 23.1 Å². The molecule has 5 nitrogen and oxygen atoms in total. The monoisotopic (exact) mass is 391 g/mol. The molecule has 2 amide bonds. The lowest BCUT2D eigenvalue weighted by molar-refractivity contribution is -0.134. The number of hydrogen-bond donors (Lipinski definition) is 1. The third-order valence-electron chi connectivity index (χ3n) is 7.28. The summed E-state index contributed by atoms with van der Waals surface area (Å²) >= 11 is 0. The molecule has 1 aromatic carbocycles. The summed E-state index contributed by atoms with van der Waals surface area (Å²) in [6.45, 7) is 4.40. The molecular weight excluding hydrogens is 362 g/mol. The zero-order valence-corrected chi connectivity index (χ0v) is 17.0. The molecule has 3 aliphatic rings. The largest absolute Gasteiger partial charge is 0.357 e. The second-order valence-corrected chi connectivity index (χ2v) is 8.99. The fraction of sp³-hybridized carbons (Fsp3) is 0.500. The molecule has 1 aromatic heterocycles. The average molecular weight is 392 g/mol. The van der Waals surface area contributed by atoms with Crippen LogP contribution in [0.4, 0.5) is 0 Å². The van der Waals surface area contributed by atoms with Gasteiger partial charge in [-0.3, -0.25) is 9.59 Å². The maximum absolute atomic E-state index is 13.3. The summed E-state index contributed by atoms with van der Waals surface area (Å²) in [5.74, 6) is 1.29. The van der Waals surface area contributed by atoms with Crippen molar-refractivity contribution in [2.24, 2.45) is 17.8 Å². The fourth-order valence-electron chi connectivity index (χ4n) is 5.80. The van der Waals surface area contributed by atoms with Gasteiger partial charge in [-0.15, -0.1) is 0 Å². The van der Waals surface area contributed by atoms with E-state index in [2.05, 4.69) is 35.0 Å². The number of carbonyl (C=O) groups is 2. The number of carbonyl (C=O) groups excluding carboxylic acids is 2. The van der Waals surface area contributed by atoms with E-state index in [-0.39, 0.29) is 17.9 Å². The Kier molecular flexibility index (Phi) is 4.69. The van der Waals surface area contributed by atoms with Gasteiger partial charge in [-0.05, 0) is 43.0 Å². The van der Waals surface area contributed by atoms with Crippen LogP contribution in [-0.4, -0.2) is 46.2 Å². The molecule has 0 bridgehead atoms. The molecule has 2 aliphatic heterocycles. The van der Waals surface area contributed by atoms with Gasteiger partial charge in [0.15, 0.2) is 0 Å². The standard InChI is InChI=1S/C24H29N3O2/c1-16-7-2-5-10-19(16)22-20-15-26(23(28)17-8-3-4-9-17)13-18(20)14-27(22)24(29)21-11-6-12-25-21/h2,5-7,10-12,17-18,20,22,25H,3-4,8-9,13-15H2,1H3/t18-,20-,22+/m0/s1. The number of amides is 2. The second-order valence-electron chi connectivity index (χ2n) is 8.99. The number of nitrogens with one attached hydrogen (secondary N) is 1. The van der Waals surface area contributed by atoms with Crippen LogP contribution in [-0.2, 0) is 4.79 Å². The van der Waals surface area contributed by atoms with Gasteiger partial charge in [0.25, 0.3) is 5.91 Å². The molecule has 3 heterocycles. The summed E-state index contributed by atoms with van der Waals surface area (Å²) in [4.78, 5) is 33.5. The van der Waals surface area contributed by atoms with Crippen molar-refractivity contribution in [1.82, 2.24) is 14.8 Å². The van der Waals surface area contributed by atoms with Crippen LogP contribution in [0, 0.1) is 24.7 Å². The minimum atomic E-state index is 0.0263. The zero-order chi connectivity index (χ0) is 20.0. The number of nitrogens with zero attached hydrogens (tertiary/aromatic N) is 2. The van der Waals surface area contributed by atoms with E-state index in [0.29, 0.717) is 23.4 Å². The minimum Gasteiger partial charge on any atom is -0.357 e. The summed E-state index contributed by atoms with van der Waals surface area (Å²) in [6, 6.07) is 12.1. The molecule has 1 N–H and O–H groups in total. The third kappa shape index (κ3) is 3.17. The molecule has 2 saturated heterocycles. The molecular formula is C24H29N3O2. The summed E-state index contributed by atoms with van der Waals surface area (Å²) < 4.78 is 0. The van der Waals surface area contributed by atoms with Gasteiger partial charge in [-0.25, -0.2) is 0 Å².